The van der Waals surface area contributed by atoms with Crippen molar-refractivity contribution in [2.24, 2.45) is 5.92 Å². The highest BCUT2D eigenvalue weighted by atomic mass is 19.1. The van der Waals surface area contributed by atoms with E-state index in [9.17, 15) is 18.7 Å². The summed E-state index contributed by atoms with van der Waals surface area (Å²) in [7, 11) is 0. The fourth-order valence-electron chi connectivity index (χ4n) is 3.27. The lowest BCUT2D eigenvalue weighted by atomic mass is 9.74. The van der Waals surface area contributed by atoms with Gasteiger partial charge in [0.1, 0.15) is 11.6 Å². The molecule has 1 amide bonds. The zero-order valence-electron chi connectivity index (χ0n) is 13.4. The number of rotatable bonds is 6. The van der Waals surface area contributed by atoms with Crippen molar-refractivity contribution in [1.82, 2.24) is 10.6 Å². The van der Waals surface area contributed by atoms with Crippen molar-refractivity contribution in [1.29, 1.82) is 0 Å². The van der Waals surface area contributed by atoms with Gasteiger partial charge < -0.3 is 15.7 Å². The highest BCUT2D eigenvalue weighted by Crippen LogP contribution is 2.38. The van der Waals surface area contributed by atoms with Gasteiger partial charge in [0.25, 0.3) is 0 Å². The van der Waals surface area contributed by atoms with Gasteiger partial charge in [-0.25, -0.2) is 8.78 Å². The van der Waals surface area contributed by atoms with Gasteiger partial charge >= 0.3 is 0 Å². The fourth-order valence-corrected chi connectivity index (χ4v) is 3.27. The normalized spacial score (nSPS) is 20.8. The number of piperidine rings is 1. The van der Waals surface area contributed by atoms with Crippen LogP contribution in [0.1, 0.15) is 38.2 Å². The van der Waals surface area contributed by atoms with Crippen LogP contribution in [0.3, 0.4) is 0 Å². The third-order valence-electron chi connectivity index (χ3n) is 4.44. The number of aliphatic hydroxyl groups is 1. The van der Waals surface area contributed by atoms with E-state index in [1.165, 1.54) is 19.1 Å². The van der Waals surface area contributed by atoms with Gasteiger partial charge in [0.05, 0.1) is 5.60 Å². The SMILES string of the molecule is CC(=O)NCCCC(O)(c1cc(F)cc(F)c1)[C@@H]1CCCNC1. The summed E-state index contributed by atoms with van der Waals surface area (Å²) >= 11 is 0. The molecule has 1 heterocycles. The van der Waals surface area contributed by atoms with Crippen LogP contribution in [-0.4, -0.2) is 30.6 Å². The van der Waals surface area contributed by atoms with Crippen LogP contribution < -0.4 is 10.6 Å². The molecule has 0 bridgehead atoms. The molecule has 1 aromatic rings. The van der Waals surface area contributed by atoms with Crippen molar-refractivity contribution >= 4 is 5.91 Å². The summed E-state index contributed by atoms with van der Waals surface area (Å²) in [4.78, 5) is 10.9. The van der Waals surface area contributed by atoms with Gasteiger partial charge in [-0.15, -0.1) is 0 Å². The van der Waals surface area contributed by atoms with Crippen LogP contribution >= 0.6 is 0 Å². The van der Waals surface area contributed by atoms with Crippen molar-refractivity contribution < 1.29 is 18.7 Å². The van der Waals surface area contributed by atoms with Crippen LogP contribution in [0.5, 0.6) is 0 Å². The maximum atomic E-state index is 13.6. The third kappa shape index (κ3) is 4.72. The number of nitrogens with one attached hydrogen (secondary N) is 2. The minimum absolute atomic E-state index is 0.116. The monoisotopic (exact) mass is 326 g/mol. The average Bonchev–Trinajstić information content (AvgIpc) is 2.51. The van der Waals surface area contributed by atoms with Crippen molar-refractivity contribution in [2.75, 3.05) is 19.6 Å². The molecule has 0 saturated carbocycles. The van der Waals surface area contributed by atoms with Crippen LogP contribution in [0.4, 0.5) is 8.78 Å². The lowest BCUT2D eigenvalue weighted by Crippen LogP contribution is -2.44. The van der Waals surface area contributed by atoms with Gasteiger partial charge in [0.15, 0.2) is 0 Å². The first-order chi connectivity index (χ1) is 10.9. The second kappa shape index (κ2) is 7.84. The summed E-state index contributed by atoms with van der Waals surface area (Å²) < 4.78 is 27.2. The molecule has 1 fully saturated rings. The van der Waals surface area contributed by atoms with Crippen molar-refractivity contribution in [2.45, 2.75) is 38.2 Å². The second-order valence-corrected chi connectivity index (χ2v) is 6.21. The van der Waals surface area contributed by atoms with E-state index in [-0.39, 0.29) is 17.4 Å². The van der Waals surface area contributed by atoms with Crippen LogP contribution in [-0.2, 0) is 10.4 Å². The minimum atomic E-state index is -1.31. The summed E-state index contributed by atoms with van der Waals surface area (Å²) in [5.41, 5.74) is -1.04. The van der Waals surface area contributed by atoms with Crippen molar-refractivity contribution in [3.63, 3.8) is 0 Å². The Hall–Kier alpha value is -1.53. The molecule has 1 unspecified atom stereocenters. The summed E-state index contributed by atoms with van der Waals surface area (Å²) in [6.07, 6.45) is 2.57. The molecule has 4 nitrogen and oxygen atoms in total. The molecule has 1 saturated heterocycles. The van der Waals surface area contributed by atoms with Gasteiger partial charge in [-0.2, -0.15) is 0 Å². The first-order valence-corrected chi connectivity index (χ1v) is 8.06. The molecule has 3 N–H and O–H groups in total. The Kier molecular flexibility index (Phi) is 6.07. The molecule has 0 aromatic heterocycles. The molecule has 0 aliphatic carbocycles. The van der Waals surface area contributed by atoms with Gasteiger partial charge in [-0.1, -0.05) is 0 Å². The van der Waals surface area contributed by atoms with E-state index in [4.69, 9.17) is 0 Å². The smallest absolute Gasteiger partial charge is 0.216 e. The Bertz CT molecular complexity index is 527. The maximum absolute atomic E-state index is 13.6. The zero-order chi connectivity index (χ0) is 16.9. The van der Waals surface area contributed by atoms with E-state index in [1.807, 2.05) is 0 Å². The predicted molar refractivity (Wildman–Crippen MR) is 83.8 cm³/mol. The third-order valence-corrected chi connectivity index (χ3v) is 4.44. The van der Waals surface area contributed by atoms with Gasteiger partial charge in [-0.3, -0.25) is 4.79 Å². The predicted octanol–water partition coefficient (Wildman–Crippen LogP) is 2.07. The molecule has 1 aromatic carbocycles. The van der Waals surface area contributed by atoms with Crippen LogP contribution in [0.2, 0.25) is 0 Å². The Balaban J connectivity index is 2.20. The molecule has 1 aliphatic rings. The van der Waals surface area contributed by atoms with Crippen LogP contribution in [0.15, 0.2) is 18.2 Å². The molecular formula is C17H24F2N2O2. The Morgan fingerprint density at radius 1 is 1.39 bits per heavy atom. The summed E-state index contributed by atoms with van der Waals surface area (Å²) in [5, 5.41) is 17.1. The first-order valence-electron chi connectivity index (χ1n) is 8.06. The largest absolute Gasteiger partial charge is 0.385 e. The lowest BCUT2D eigenvalue weighted by molar-refractivity contribution is -0.119. The highest BCUT2D eigenvalue weighted by Gasteiger charge is 2.39. The molecule has 0 spiro atoms. The molecule has 23 heavy (non-hydrogen) atoms. The molecule has 1 aliphatic heterocycles. The molecule has 6 heteroatoms. The van der Waals surface area contributed by atoms with E-state index in [1.54, 1.807) is 0 Å². The number of carbonyl (C=O) groups is 1. The summed E-state index contributed by atoms with van der Waals surface area (Å²) in [6.45, 7) is 3.35. The fraction of sp³-hybridized carbons (Fsp3) is 0.588. The number of hydrogen-bond donors (Lipinski definition) is 3. The van der Waals surface area contributed by atoms with E-state index in [0.29, 0.717) is 25.9 Å². The Labute approximate surface area is 135 Å². The molecule has 0 radical (unpaired) electrons. The number of amides is 1. The van der Waals surface area contributed by atoms with Crippen LogP contribution in [0, 0.1) is 17.6 Å². The molecule has 2 atom stereocenters. The van der Waals surface area contributed by atoms with Crippen molar-refractivity contribution in [3.8, 4) is 0 Å². The molecule has 2 rings (SSSR count). The topological polar surface area (TPSA) is 61.4 Å². The highest BCUT2D eigenvalue weighted by molar-refractivity contribution is 5.72. The van der Waals surface area contributed by atoms with Crippen molar-refractivity contribution in [3.05, 3.63) is 35.4 Å². The second-order valence-electron chi connectivity index (χ2n) is 6.21. The number of hydrogen-bond acceptors (Lipinski definition) is 3. The quantitative estimate of drug-likeness (QED) is 0.701. The first kappa shape index (κ1) is 17.8. The van der Waals surface area contributed by atoms with Gasteiger partial charge in [0, 0.05) is 32.0 Å². The number of benzene rings is 1. The van der Waals surface area contributed by atoms with Gasteiger partial charge in [0.2, 0.25) is 5.91 Å². The zero-order valence-corrected chi connectivity index (χ0v) is 13.4. The van der Waals surface area contributed by atoms with E-state index in [2.05, 4.69) is 10.6 Å². The van der Waals surface area contributed by atoms with Gasteiger partial charge in [-0.05, 0) is 49.9 Å². The Morgan fingerprint density at radius 3 is 2.65 bits per heavy atom. The van der Waals surface area contributed by atoms with E-state index in [0.717, 1.165) is 25.5 Å². The summed E-state index contributed by atoms with van der Waals surface area (Å²) in [6, 6.07) is 3.21. The lowest BCUT2D eigenvalue weighted by Gasteiger charge is -2.39. The van der Waals surface area contributed by atoms with E-state index >= 15 is 0 Å². The summed E-state index contributed by atoms with van der Waals surface area (Å²) in [5.74, 6) is -1.63. The van der Waals surface area contributed by atoms with Crippen LogP contribution in [0.25, 0.3) is 0 Å². The standard InChI is InChI=1S/C17H24F2N2O2/c1-12(22)21-7-3-5-17(23,13-4-2-6-20-11-13)14-8-15(18)10-16(19)9-14/h8-10,13,20,23H,2-7,11H2,1H3,(H,21,22)/t13-,17?/m1/s1. The number of carbonyl (C=O) groups excluding carboxylic acids is 1. The molecule has 128 valence electrons. The minimum Gasteiger partial charge on any atom is -0.385 e. The Morgan fingerprint density at radius 2 is 2.09 bits per heavy atom. The maximum Gasteiger partial charge on any atom is 0.216 e. The van der Waals surface area contributed by atoms with E-state index < -0.39 is 17.2 Å². The number of halogens is 2. The average molecular weight is 326 g/mol. The molecular weight excluding hydrogens is 302 g/mol.